The number of methoxy groups -OCH3 is 1. The van der Waals surface area contributed by atoms with Crippen molar-refractivity contribution in [2.24, 2.45) is 0 Å². The summed E-state index contributed by atoms with van der Waals surface area (Å²) in [5, 5.41) is 5.69. The Bertz CT molecular complexity index is 788. The van der Waals surface area contributed by atoms with Crippen molar-refractivity contribution in [1.82, 2.24) is 5.32 Å². The summed E-state index contributed by atoms with van der Waals surface area (Å²) in [6.45, 7) is 1.90. The summed E-state index contributed by atoms with van der Waals surface area (Å²) in [4.78, 5) is 23.9. The van der Waals surface area contributed by atoms with Gasteiger partial charge in [-0.1, -0.05) is 18.2 Å². The van der Waals surface area contributed by atoms with E-state index in [9.17, 15) is 9.59 Å². The van der Waals surface area contributed by atoms with E-state index in [1.54, 1.807) is 30.3 Å². The SMILES string of the molecule is COc1ccccc1C(=O)N[C@H](C)c1ccc2c(c1)NC(=O)CO2. The first-order chi connectivity index (χ1) is 11.6. The number of para-hydroxylation sites is 1. The minimum absolute atomic E-state index is 0.0203. The van der Waals surface area contributed by atoms with Gasteiger partial charge in [-0.05, 0) is 36.8 Å². The van der Waals surface area contributed by atoms with Gasteiger partial charge in [-0.3, -0.25) is 9.59 Å². The molecule has 1 aliphatic rings. The molecule has 24 heavy (non-hydrogen) atoms. The molecule has 2 amide bonds. The Morgan fingerprint density at radius 1 is 1.29 bits per heavy atom. The van der Waals surface area contributed by atoms with Crippen LogP contribution in [0.4, 0.5) is 5.69 Å². The topological polar surface area (TPSA) is 76.7 Å². The van der Waals surface area contributed by atoms with Gasteiger partial charge in [0.2, 0.25) is 0 Å². The summed E-state index contributed by atoms with van der Waals surface area (Å²) in [5.41, 5.74) is 1.95. The van der Waals surface area contributed by atoms with Crippen LogP contribution < -0.4 is 20.1 Å². The van der Waals surface area contributed by atoms with Crippen LogP contribution in [0.2, 0.25) is 0 Å². The summed E-state index contributed by atoms with van der Waals surface area (Å²) in [5.74, 6) is 0.734. The van der Waals surface area contributed by atoms with Crippen molar-refractivity contribution in [3.8, 4) is 11.5 Å². The number of carbonyl (C=O) groups excluding carboxylic acids is 2. The Morgan fingerprint density at radius 3 is 2.88 bits per heavy atom. The average molecular weight is 326 g/mol. The normalized spacial score (nSPS) is 14.0. The van der Waals surface area contributed by atoms with Crippen LogP contribution in [0.3, 0.4) is 0 Å². The third kappa shape index (κ3) is 3.17. The van der Waals surface area contributed by atoms with Gasteiger partial charge in [0.15, 0.2) is 6.61 Å². The van der Waals surface area contributed by atoms with E-state index in [0.29, 0.717) is 22.7 Å². The first-order valence-electron chi connectivity index (χ1n) is 7.59. The molecular weight excluding hydrogens is 308 g/mol. The zero-order valence-corrected chi connectivity index (χ0v) is 13.5. The maximum Gasteiger partial charge on any atom is 0.262 e. The standard InChI is InChI=1S/C18H18N2O4/c1-11(19-18(22)13-5-3-4-6-15(13)23-2)12-7-8-16-14(9-12)20-17(21)10-24-16/h3-9,11H,10H2,1-2H3,(H,19,22)(H,20,21)/t11-/m1/s1. The van der Waals surface area contributed by atoms with Gasteiger partial charge in [-0.2, -0.15) is 0 Å². The van der Waals surface area contributed by atoms with Crippen LogP contribution in [-0.4, -0.2) is 25.5 Å². The van der Waals surface area contributed by atoms with E-state index in [1.165, 1.54) is 7.11 Å². The molecule has 2 N–H and O–H groups in total. The number of rotatable bonds is 4. The number of carbonyl (C=O) groups is 2. The lowest BCUT2D eigenvalue weighted by Gasteiger charge is -2.21. The lowest BCUT2D eigenvalue weighted by molar-refractivity contribution is -0.118. The zero-order chi connectivity index (χ0) is 17.1. The van der Waals surface area contributed by atoms with Crippen LogP contribution in [0.5, 0.6) is 11.5 Å². The van der Waals surface area contributed by atoms with Crippen LogP contribution in [0, 0.1) is 0 Å². The van der Waals surface area contributed by atoms with Crippen LogP contribution in [0.1, 0.15) is 28.9 Å². The smallest absolute Gasteiger partial charge is 0.262 e. The highest BCUT2D eigenvalue weighted by Crippen LogP contribution is 2.30. The Kier molecular flexibility index (Phi) is 4.37. The van der Waals surface area contributed by atoms with Gasteiger partial charge in [-0.15, -0.1) is 0 Å². The third-order valence-electron chi connectivity index (χ3n) is 3.84. The monoisotopic (exact) mass is 326 g/mol. The molecule has 0 saturated heterocycles. The van der Waals surface area contributed by atoms with Gasteiger partial charge in [0, 0.05) is 0 Å². The molecule has 6 heteroatoms. The lowest BCUT2D eigenvalue weighted by atomic mass is 10.1. The number of hydrogen-bond donors (Lipinski definition) is 2. The Labute approximate surface area is 139 Å². The number of benzene rings is 2. The van der Waals surface area contributed by atoms with Gasteiger partial charge in [0.25, 0.3) is 11.8 Å². The fourth-order valence-corrected chi connectivity index (χ4v) is 2.56. The number of nitrogens with one attached hydrogen (secondary N) is 2. The number of fused-ring (bicyclic) bond motifs is 1. The lowest BCUT2D eigenvalue weighted by Crippen LogP contribution is -2.28. The number of anilines is 1. The van der Waals surface area contributed by atoms with Crippen molar-refractivity contribution < 1.29 is 19.1 Å². The van der Waals surface area contributed by atoms with Crippen molar-refractivity contribution in [2.45, 2.75) is 13.0 Å². The molecular formula is C18H18N2O4. The molecule has 0 spiro atoms. The van der Waals surface area contributed by atoms with E-state index in [4.69, 9.17) is 9.47 Å². The minimum atomic E-state index is -0.244. The van der Waals surface area contributed by atoms with E-state index < -0.39 is 0 Å². The molecule has 0 unspecified atom stereocenters. The van der Waals surface area contributed by atoms with Gasteiger partial charge in [-0.25, -0.2) is 0 Å². The van der Waals surface area contributed by atoms with Crippen LogP contribution in [-0.2, 0) is 4.79 Å². The molecule has 1 aliphatic heterocycles. The predicted octanol–water partition coefficient (Wildman–Crippen LogP) is 2.52. The largest absolute Gasteiger partial charge is 0.496 e. The summed E-state index contributed by atoms with van der Waals surface area (Å²) in [6, 6.07) is 12.3. The van der Waals surface area contributed by atoms with E-state index >= 15 is 0 Å². The van der Waals surface area contributed by atoms with Crippen molar-refractivity contribution in [3.05, 3.63) is 53.6 Å². The highest BCUT2D eigenvalue weighted by molar-refractivity contribution is 5.97. The summed E-state index contributed by atoms with van der Waals surface area (Å²) >= 11 is 0. The third-order valence-corrected chi connectivity index (χ3v) is 3.84. The van der Waals surface area contributed by atoms with E-state index in [2.05, 4.69) is 10.6 Å². The molecule has 1 heterocycles. The molecule has 6 nitrogen and oxygen atoms in total. The van der Waals surface area contributed by atoms with E-state index in [0.717, 1.165) is 5.56 Å². The molecule has 0 aliphatic carbocycles. The highest BCUT2D eigenvalue weighted by atomic mass is 16.5. The Morgan fingerprint density at radius 2 is 2.08 bits per heavy atom. The second-order valence-corrected chi connectivity index (χ2v) is 5.49. The van der Waals surface area contributed by atoms with E-state index in [-0.39, 0.29) is 24.5 Å². The molecule has 0 saturated carbocycles. The second-order valence-electron chi connectivity index (χ2n) is 5.49. The minimum Gasteiger partial charge on any atom is -0.496 e. The van der Waals surface area contributed by atoms with Crippen LogP contribution >= 0.6 is 0 Å². The van der Waals surface area contributed by atoms with Crippen LogP contribution in [0.15, 0.2) is 42.5 Å². The molecule has 3 rings (SSSR count). The predicted molar refractivity (Wildman–Crippen MR) is 89.4 cm³/mol. The highest BCUT2D eigenvalue weighted by Gasteiger charge is 2.19. The maximum atomic E-state index is 12.5. The fourth-order valence-electron chi connectivity index (χ4n) is 2.56. The Balaban J connectivity index is 1.77. The molecule has 0 radical (unpaired) electrons. The van der Waals surface area contributed by atoms with Crippen LogP contribution in [0.25, 0.3) is 0 Å². The summed E-state index contributed by atoms with van der Waals surface area (Å²) in [7, 11) is 1.53. The number of ether oxygens (including phenoxy) is 2. The Hall–Kier alpha value is -3.02. The molecule has 2 aromatic carbocycles. The summed E-state index contributed by atoms with van der Waals surface area (Å²) in [6.07, 6.45) is 0. The first-order valence-corrected chi connectivity index (χ1v) is 7.59. The van der Waals surface area contributed by atoms with E-state index in [1.807, 2.05) is 19.1 Å². The average Bonchev–Trinajstić information content (AvgIpc) is 2.60. The number of hydrogen-bond acceptors (Lipinski definition) is 4. The van der Waals surface area contributed by atoms with Crippen molar-refractivity contribution in [2.75, 3.05) is 19.0 Å². The molecule has 0 aromatic heterocycles. The summed E-state index contributed by atoms with van der Waals surface area (Å²) < 4.78 is 10.6. The molecule has 2 aromatic rings. The van der Waals surface area contributed by atoms with Crippen molar-refractivity contribution in [3.63, 3.8) is 0 Å². The fraction of sp³-hybridized carbons (Fsp3) is 0.222. The van der Waals surface area contributed by atoms with Gasteiger partial charge >= 0.3 is 0 Å². The van der Waals surface area contributed by atoms with Gasteiger partial charge < -0.3 is 20.1 Å². The zero-order valence-electron chi connectivity index (χ0n) is 13.5. The molecule has 0 fully saturated rings. The number of amides is 2. The van der Waals surface area contributed by atoms with Crippen molar-refractivity contribution in [1.29, 1.82) is 0 Å². The first kappa shape index (κ1) is 15.9. The van der Waals surface area contributed by atoms with Gasteiger partial charge in [0.05, 0.1) is 24.4 Å². The van der Waals surface area contributed by atoms with Gasteiger partial charge in [0.1, 0.15) is 11.5 Å². The molecule has 0 bridgehead atoms. The maximum absolute atomic E-state index is 12.5. The second kappa shape index (κ2) is 6.62. The molecule has 124 valence electrons. The quantitative estimate of drug-likeness (QED) is 0.905. The molecule has 1 atom stereocenters. The van der Waals surface area contributed by atoms with Crippen molar-refractivity contribution >= 4 is 17.5 Å².